The summed E-state index contributed by atoms with van der Waals surface area (Å²) >= 11 is 0. The molecule has 1 fully saturated rings. The molecule has 0 aliphatic carbocycles. The number of ether oxygens (including phenoxy) is 1. The molecule has 1 aromatic carbocycles. The highest BCUT2D eigenvalue weighted by Crippen LogP contribution is 2.23. The molecule has 0 unspecified atom stereocenters. The van der Waals surface area contributed by atoms with Crippen LogP contribution in [0.1, 0.15) is 31.0 Å². The lowest BCUT2D eigenvalue weighted by molar-refractivity contribution is -0.0378. The van der Waals surface area contributed by atoms with E-state index in [1.165, 1.54) is 12.1 Å². The summed E-state index contributed by atoms with van der Waals surface area (Å²) < 4.78 is 18.9. The van der Waals surface area contributed by atoms with Crippen LogP contribution >= 0.6 is 0 Å². The minimum Gasteiger partial charge on any atom is -0.375 e. The molecule has 2 aromatic rings. The molecule has 25 heavy (non-hydrogen) atoms. The third kappa shape index (κ3) is 3.96. The number of rotatable bonds is 3. The number of halogens is 1. The van der Waals surface area contributed by atoms with Gasteiger partial charge in [0, 0.05) is 18.9 Å². The van der Waals surface area contributed by atoms with Crippen molar-refractivity contribution in [2.24, 2.45) is 0 Å². The summed E-state index contributed by atoms with van der Waals surface area (Å²) in [5, 5.41) is 3.07. The van der Waals surface area contributed by atoms with Crippen LogP contribution in [-0.2, 0) is 4.74 Å². The summed E-state index contributed by atoms with van der Waals surface area (Å²) in [6.07, 6.45) is 3.35. The minimum absolute atomic E-state index is 0.00954. The number of benzene rings is 1. The first-order valence-corrected chi connectivity index (χ1v) is 8.40. The number of nitrogens with one attached hydrogen (secondary N) is 1. The summed E-state index contributed by atoms with van der Waals surface area (Å²) in [7, 11) is 0. The zero-order valence-corrected chi connectivity index (χ0v) is 14.4. The molecule has 0 radical (unpaired) electrons. The molecule has 1 aliphatic heterocycles. The van der Waals surface area contributed by atoms with E-state index in [2.05, 4.69) is 10.3 Å². The first-order chi connectivity index (χ1) is 12.1. The topological polar surface area (TPSA) is 54.5 Å². The fourth-order valence-corrected chi connectivity index (χ4v) is 3.00. The lowest BCUT2D eigenvalue weighted by Gasteiger charge is -2.38. The predicted molar refractivity (Wildman–Crippen MR) is 92.6 cm³/mol. The van der Waals surface area contributed by atoms with Crippen LogP contribution in [0, 0.1) is 5.82 Å². The molecule has 1 saturated heterocycles. The second-order valence-corrected chi connectivity index (χ2v) is 6.22. The Bertz CT molecular complexity index is 708. The van der Waals surface area contributed by atoms with Gasteiger partial charge in [-0.3, -0.25) is 4.98 Å². The van der Waals surface area contributed by atoms with Crippen LogP contribution in [0.15, 0.2) is 48.8 Å². The number of pyridine rings is 1. The molecule has 1 N–H and O–H groups in total. The Morgan fingerprint density at radius 1 is 1.20 bits per heavy atom. The van der Waals surface area contributed by atoms with Crippen molar-refractivity contribution in [3.05, 3.63) is 65.7 Å². The molecule has 132 valence electrons. The van der Waals surface area contributed by atoms with Crippen molar-refractivity contribution in [3.63, 3.8) is 0 Å². The van der Waals surface area contributed by atoms with E-state index in [1.807, 2.05) is 26.0 Å². The van der Waals surface area contributed by atoms with Gasteiger partial charge in [0.15, 0.2) is 0 Å². The quantitative estimate of drug-likeness (QED) is 0.931. The molecular weight excluding hydrogens is 321 g/mol. The van der Waals surface area contributed by atoms with Crippen LogP contribution < -0.4 is 5.32 Å². The molecule has 2 amide bonds. The fraction of sp³-hybridized carbons (Fsp3) is 0.368. The van der Waals surface area contributed by atoms with E-state index in [0.717, 1.165) is 11.1 Å². The van der Waals surface area contributed by atoms with Crippen LogP contribution in [0.3, 0.4) is 0 Å². The summed E-state index contributed by atoms with van der Waals surface area (Å²) in [4.78, 5) is 18.7. The smallest absolute Gasteiger partial charge is 0.318 e. The van der Waals surface area contributed by atoms with Gasteiger partial charge in [0.25, 0.3) is 0 Å². The maximum absolute atomic E-state index is 13.3. The fourth-order valence-electron chi connectivity index (χ4n) is 3.00. The normalized spacial score (nSPS) is 21.6. The largest absolute Gasteiger partial charge is 0.375 e. The van der Waals surface area contributed by atoms with Gasteiger partial charge in [0.05, 0.1) is 24.8 Å². The lowest BCUT2D eigenvalue weighted by Crippen LogP contribution is -2.54. The van der Waals surface area contributed by atoms with Crippen LogP contribution in [0.25, 0.3) is 0 Å². The molecule has 0 saturated carbocycles. The Balaban J connectivity index is 1.85. The second-order valence-electron chi connectivity index (χ2n) is 6.22. The number of carbonyl (C=O) groups is 1. The van der Waals surface area contributed by atoms with E-state index in [9.17, 15) is 9.18 Å². The molecule has 1 aliphatic rings. The average molecular weight is 343 g/mol. The Labute approximate surface area is 146 Å². The third-order valence-corrected chi connectivity index (χ3v) is 4.66. The van der Waals surface area contributed by atoms with E-state index in [0.29, 0.717) is 13.2 Å². The Hall–Kier alpha value is -2.47. The number of carbonyl (C=O) groups excluding carboxylic acids is 1. The zero-order valence-electron chi connectivity index (χ0n) is 14.4. The maximum Gasteiger partial charge on any atom is 0.318 e. The Morgan fingerprint density at radius 3 is 2.52 bits per heavy atom. The summed E-state index contributed by atoms with van der Waals surface area (Å²) in [5.41, 5.74) is 1.71. The number of morpholine rings is 1. The standard InChI is InChI=1S/C19H22FN3O2/c1-13-14(2)25-12-11-23(13)19(24)22-18(16-7-9-21-10-8-16)15-3-5-17(20)6-4-15/h3-10,13-14,18H,11-12H2,1-2H3,(H,22,24)/t13-,14+,18+/m1/s1. The minimum atomic E-state index is -0.374. The number of hydrogen-bond donors (Lipinski definition) is 1. The maximum atomic E-state index is 13.3. The number of aromatic nitrogens is 1. The van der Waals surface area contributed by atoms with Gasteiger partial charge in [-0.25, -0.2) is 9.18 Å². The first-order valence-electron chi connectivity index (χ1n) is 8.40. The van der Waals surface area contributed by atoms with Gasteiger partial charge in [-0.2, -0.15) is 0 Å². The average Bonchev–Trinajstić information content (AvgIpc) is 2.63. The summed E-state index contributed by atoms with van der Waals surface area (Å²) in [6, 6.07) is 9.32. The van der Waals surface area contributed by atoms with Crippen molar-refractivity contribution in [1.82, 2.24) is 15.2 Å². The molecule has 5 nitrogen and oxygen atoms in total. The molecule has 3 atom stereocenters. The van der Waals surface area contributed by atoms with Crippen LogP contribution in [0.5, 0.6) is 0 Å². The first kappa shape index (κ1) is 17.4. The third-order valence-electron chi connectivity index (χ3n) is 4.66. The predicted octanol–water partition coefficient (Wildman–Crippen LogP) is 3.13. The zero-order chi connectivity index (χ0) is 17.8. The van der Waals surface area contributed by atoms with E-state index < -0.39 is 0 Å². The highest BCUT2D eigenvalue weighted by molar-refractivity contribution is 5.76. The van der Waals surface area contributed by atoms with Gasteiger partial charge >= 0.3 is 6.03 Å². The second kappa shape index (κ2) is 7.61. The van der Waals surface area contributed by atoms with Gasteiger partial charge < -0.3 is 15.0 Å². The van der Waals surface area contributed by atoms with Crippen LogP contribution in [0.4, 0.5) is 9.18 Å². The number of hydrogen-bond acceptors (Lipinski definition) is 3. The van der Waals surface area contributed by atoms with Crippen molar-refractivity contribution in [3.8, 4) is 0 Å². The van der Waals surface area contributed by atoms with Crippen molar-refractivity contribution in [2.75, 3.05) is 13.2 Å². The SMILES string of the molecule is C[C@@H]1OCCN(C(=O)N[C@H](c2ccncc2)c2ccc(F)cc2)[C@@H]1C. The van der Waals surface area contributed by atoms with E-state index >= 15 is 0 Å². The van der Waals surface area contributed by atoms with Crippen molar-refractivity contribution in [1.29, 1.82) is 0 Å². The molecule has 3 rings (SSSR count). The number of amides is 2. The molecule has 0 bridgehead atoms. The molecule has 2 heterocycles. The van der Waals surface area contributed by atoms with E-state index in [-0.39, 0.29) is 30.0 Å². The molecule has 6 heteroatoms. The Morgan fingerprint density at radius 2 is 1.84 bits per heavy atom. The van der Waals surface area contributed by atoms with Crippen LogP contribution in [0.2, 0.25) is 0 Å². The summed E-state index contributed by atoms with van der Waals surface area (Å²) in [6.45, 7) is 5.01. The van der Waals surface area contributed by atoms with Crippen molar-refractivity contribution >= 4 is 6.03 Å². The molecular formula is C19H22FN3O2. The monoisotopic (exact) mass is 343 g/mol. The summed E-state index contributed by atoms with van der Waals surface area (Å²) in [5.74, 6) is -0.306. The van der Waals surface area contributed by atoms with Crippen molar-refractivity contribution in [2.45, 2.75) is 32.0 Å². The highest BCUT2D eigenvalue weighted by atomic mass is 19.1. The van der Waals surface area contributed by atoms with Crippen LogP contribution in [-0.4, -0.2) is 41.2 Å². The van der Waals surface area contributed by atoms with Crippen molar-refractivity contribution < 1.29 is 13.9 Å². The van der Waals surface area contributed by atoms with Gasteiger partial charge in [-0.1, -0.05) is 12.1 Å². The molecule has 1 aromatic heterocycles. The molecule has 0 spiro atoms. The Kier molecular flexibility index (Phi) is 5.28. The van der Waals surface area contributed by atoms with E-state index in [4.69, 9.17) is 4.74 Å². The van der Waals surface area contributed by atoms with Gasteiger partial charge in [-0.05, 0) is 49.2 Å². The number of nitrogens with zero attached hydrogens (tertiary/aromatic N) is 2. The van der Waals surface area contributed by atoms with Gasteiger partial charge in [-0.15, -0.1) is 0 Å². The number of urea groups is 1. The van der Waals surface area contributed by atoms with Gasteiger partial charge in [0.2, 0.25) is 0 Å². The highest BCUT2D eigenvalue weighted by Gasteiger charge is 2.30. The lowest BCUT2D eigenvalue weighted by atomic mass is 9.99. The van der Waals surface area contributed by atoms with Gasteiger partial charge in [0.1, 0.15) is 5.82 Å². The van der Waals surface area contributed by atoms with E-state index in [1.54, 1.807) is 29.4 Å².